The number of esters is 1. The molecule has 4 rings (SSSR count). The number of hydrogen-bond acceptors (Lipinski definition) is 8. The molecule has 2 heterocycles. The third-order valence-electron chi connectivity index (χ3n) is 5.82. The van der Waals surface area contributed by atoms with Crippen molar-refractivity contribution < 1.29 is 23.7 Å². The van der Waals surface area contributed by atoms with Gasteiger partial charge in [-0.05, 0) is 62.2 Å². The lowest BCUT2D eigenvalue weighted by Crippen LogP contribution is -2.39. The molecule has 1 aromatic heterocycles. The first-order chi connectivity index (χ1) is 17.8. The summed E-state index contributed by atoms with van der Waals surface area (Å²) in [6.45, 7) is 6.07. The Labute approximate surface area is 226 Å². The van der Waals surface area contributed by atoms with Crippen molar-refractivity contribution >= 4 is 39.3 Å². The number of ether oxygens (including phenoxy) is 4. The van der Waals surface area contributed by atoms with Gasteiger partial charge >= 0.3 is 5.97 Å². The zero-order valence-electron chi connectivity index (χ0n) is 21.2. The fourth-order valence-electron chi connectivity index (χ4n) is 4.12. The predicted molar refractivity (Wildman–Crippen MR) is 145 cm³/mol. The van der Waals surface area contributed by atoms with Gasteiger partial charge in [0.05, 0.1) is 49.3 Å². The van der Waals surface area contributed by atoms with Crippen LogP contribution in [0.2, 0.25) is 0 Å². The van der Waals surface area contributed by atoms with Crippen LogP contribution in [0.5, 0.6) is 17.2 Å². The molecule has 1 aliphatic rings. The molecule has 0 aliphatic carbocycles. The van der Waals surface area contributed by atoms with Crippen molar-refractivity contribution in [1.82, 2.24) is 4.57 Å². The van der Waals surface area contributed by atoms with Gasteiger partial charge in [-0.2, -0.15) is 0 Å². The van der Waals surface area contributed by atoms with Crippen LogP contribution in [0, 0.1) is 0 Å². The van der Waals surface area contributed by atoms with Crippen LogP contribution >= 0.6 is 27.3 Å². The molecule has 0 bridgehead atoms. The van der Waals surface area contributed by atoms with Crippen molar-refractivity contribution in [2.45, 2.75) is 26.8 Å². The molecule has 3 aromatic rings. The van der Waals surface area contributed by atoms with E-state index in [0.717, 1.165) is 15.6 Å². The summed E-state index contributed by atoms with van der Waals surface area (Å²) in [4.78, 5) is 32.0. The number of fused-ring (bicyclic) bond motifs is 1. The highest BCUT2D eigenvalue weighted by Crippen LogP contribution is 2.34. The Morgan fingerprint density at radius 3 is 2.46 bits per heavy atom. The lowest BCUT2D eigenvalue weighted by atomic mass is 9.96. The summed E-state index contributed by atoms with van der Waals surface area (Å²) >= 11 is 4.82. The Morgan fingerprint density at radius 2 is 1.84 bits per heavy atom. The van der Waals surface area contributed by atoms with E-state index in [4.69, 9.17) is 18.9 Å². The predicted octanol–water partition coefficient (Wildman–Crippen LogP) is 3.98. The maximum atomic E-state index is 13.8. The molecule has 0 saturated heterocycles. The minimum atomic E-state index is -0.693. The van der Waals surface area contributed by atoms with E-state index >= 15 is 0 Å². The summed E-state index contributed by atoms with van der Waals surface area (Å²) in [6, 6.07) is 10.2. The van der Waals surface area contributed by atoms with Gasteiger partial charge in [0.25, 0.3) is 5.56 Å². The van der Waals surface area contributed by atoms with Gasteiger partial charge in [0.2, 0.25) is 0 Å². The SMILES string of the molecule is CCOC(=O)C1=C(C)N=c2s/c(=C\c3cc(OCC)c(OC)cc3Br)c(=O)n2[C@@H]1c1ccc(OC)cc1. The van der Waals surface area contributed by atoms with Crippen LogP contribution < -0.4 is 29.1 Å². The maximum Gasteiger partial charge on any atom is 0.338 e. The summed E-state index contributed by atoms with van der Waals surface area (Å²) < 4.78 is 24.5. The van der Waals surface area contributed by atoms with Gasteiger partial charge in [-0.3, -0.25) is 9.36 Å². The summed E-state index contributed by atoms with van der Waals surface area (Å²) in [5, 5.41) is 0. The van der Waals surface area contributed by atoms with Crippen LogP contribution in [-0.2, 0) is 9.53 Å². The highest BCUT2D eigenvalue weighted by molar-refractivity contribution is 9.10. The van der Waals surface area contributed by atoms with Gasteiger partial charge in [0.15, 0.2) is 16.3 Å². The van der Waals surface area contributed by atoms with Crippen molar-refractivity contribution in [3.63, 3.8) is 0 Å². The fraction of sp³-hybridized carbons (Fsp3) is 0.296. The first-order valence-corrected chi connectivity index (χ1v) is 13.3. The van der Waals surface area contributed by atoms with Crippen molar-refractivity contribution in [2.75, 3.05) is 27.4 Å². The molecule has 0 unspecified atom stereocenters. The van der Waals surface area contributed by atoms with Crippen molar-refractivity contribution in [3.05, 3.63) is 83.0 Å². The van der Waals surface area contributed by atoms with E-state index in [1.54, 1.807) is 56.9 Å². The van der Waals surface area contributed by atoms with Crippen molar-refractivity contribution in [1.29, 1.82) is 0 Å². The molecule has 1 atom stereocenters. The number of carbonyl (C=O) groups is 1. The Hall–Kier alpha value is -3.37. The second-order valence-corrected chi connectivity index (χ2v) is 9.90. The summed E-state index contributed by atoms with van der Waals surface area (Å²) in [5.74, 6) is 1.33. The maximum absolute atomic E-state index is 13.8. The largest absolute Gasteiger partial charge is 0.497 e. The molecule has 37 heavy (non-hydrogen) atoms. The van der Waals surface area contributed by atoms with Gasteiger partial charge in [-0.25, -0.2) is 9.79 Å². The van der Waals surface area contributed by atoms with Crippen LogP contribution in [0.4, 0.5) is 0 Å². The van der Waals surface area contributed by atoms with Gasteiger partial charge in [-0.15, -0.1) is 0 Å². The van der Waals surface area contributed by atoms with Gasteiger partial charge < -0.3 is 18.9 Å². The Kier molecular flexibility index (Phi) is 8.19. The zero-order chi connectivity index (χ0) is 26.7. The molecule has 2 aromatic carbocycles. The third-order valence-corrected chi connectivity index (χ3v) is 7.49. The highest BCUT2D eigenvalue weighted by Gasteiger charge is 2.33. The molecular weight excluding hydrogens is 560 g/mol. The number of rotatable bonds is 8. The number of methoxy groups -OCH3 is 2. The standard InChI is InChI=1S/C27H27BrN2O6S/c1-6-35-21-12-17(19(28)14-20(21)34-5)13-22-25(31)30-24(16-8-10-18(33-4)11-9-16)23(26(32)36-7-2)15(3)29-27(30)37-22/h8-14,24H,6-7H2,1-5H3/b22-13-/t24-/m1/s1. The Balaban J connectivity index is 1.93. The molecule has 0 spiro atoms. The van der Waals surface area contributed by atoms with Crippen LogP contribution in [-0.4, -0.2) is 38.0 Å². The second-order valence-electron chi connectivity index (χ2n) is 8.03. The molecule has 194 valence electrons. The number of halogens is 1. The van der Waals surface area contributed by atoms with E-state index < -0.39 is 12.0 Å². The quantitative estimate of drug-likeness (QED) is 0.371. The molecule has 8 nitrogen and oxygen atoms in total. The van der Waals surface area contributed by atoms with E-state index in [2.05, 4.69) is 20.9 Å². The molecule has 0 saturated carbocycles. The second kappa shape index (κ2) is 11.4. The number of hydrogen-bond donors (Lipinski definition) is 0. The average Bonchev–Trinajstić information content (AvgIpc) is 3.19. The molecule has 0 N–H and O–H groups in total. The third kappa shape index (κ3) is 5.21. The summed E-state index contributed by atoms with van der Waals surface area (Å²) in [5.41, 5.74) is 2.07. The number of allylic oxidation sites excluding steroid dienone is 1. The summed E-state index contributed by atoms with van der Waals surface area (Å²) in [6.07, 6.45) is 1.78. The first kappa shape index (κ1) is 26.7. The molecule has 10 heteroatoms. The molecular formula is C27H27BrN2O6S. The van der Waals surface area contributed by atoms with E-state index in [9.17, 15) is 9.59 Å². The lowest BCUT2D eigenvalue weighted by Gasteiger charge is -2.24. The average molecular weight is 587 g/mol. The zero-order valence-corrected chi connectivity index (χ0v) is 23.6. The van der Waals surface area contributed by atoms with Crippen molar-refractivity contribution in [3.8, 4) is 17.2 Å². The summed E-state index contributed by atoms with van der Waals surface area (Å²) in [7, 11) is 3.16. The minimum Gasteiger partial charge on any atom is -0.497 e. The molecule has 0 amide bonds. The fourth-order valence-corrected chi connectivity index (χ4v) is 5.60. The Bertz CT molecular complexity index is 1540. The van der Waals surface area contributed by atoms with E-state index in [-0.39, 0.29) is 12.2 Å². The van der Waals surface area contributed by atoms with Crippen molar-refractivity contribution in [2.24, 2.45) is 4.99 Å². The molecule has 0 radical (unpaired) electrons. The molecule has 0 fully saturated rings. The number of aromatic nitrogens is 1. The number of nitrogens with zero attached hydrogens (tertiary/aromatic N) is 2. The van der Waals surface area contributed by atoms with E-state index in [1.165, 1.54) is 11.3 Å². The monoisotopic (exact) mass is 586 g/mol. The number of carbonyl (C=O) groups excluding carboxylic acids is 1. The van der Waals surface area contributed by atoms with Gasteiger partial charge in [-0.1, -0.05) is 39.4 Å². The van der Waals surface area contributed by atoms with Crippen LogP contribution in [0.15, 0.2) is 61.9 Å². The van der Waals surface area contributed by atoms with Crippen LogP contribution in [0.1, 0.15) is 37.9 Å². The van der Waals surface area contributed by atoms with E-state index in [1.807, 2.05) is 25.1 Å². The Morgan fingerprint density at radius 1 is 1.11 bits per heavy atom. The van der Waals surface area contributed by atoms with Crippen LogP contribution in [0.25, 0.3) is 6.08 Å². The normalized spacial score (nSPS) is 15.2. The minimum absolute atomic E-state index is 0.211. The lowest BCUT2D eigenvalue weighted by molar-refractivity contribution is -0.139. The first-order valence-electron chi connectivity index (χ1n) is 11.7. The van der Waals surface area contributed by atoms with Crippen LogP contribution in [0.3, 0.4) is 0 Å². The number of thiazole rings is 1. The van der Waals surface area contributed by atoms with Gasteiger partial charge in [0, 0.05) is 4.47 Å². The smallest absolute Gasteiger partial charge is 0.338 e. The molecule has 1 aliphatic heterocycles. The topological polar surface area (TPSA) is 88.4 Å². The number of benzene rings is 2. The highest BCUT2D eigenvalue weighted by atomic mass is 79.9. The van der Waals surface area contributed by atoms with Gasteiger partial charge in [0.1, 0.15) is 5.75 Å². The van der Waals surface area contributed by atoms with E-state index in [0.29, 0.717) is 44.5 Å².